The second-order valence-electron chi connectivity index (χ2n) is 5.44. The molecule has 1 rings (SSSR count). The number of carbonyl (C=O) groups excluding carboxylic acids is 1. The summed E-state index contributed by atoms with van der Waals surface area (Å²) in [6.07, 6.45) is 6.62. The second-order valence-corrected chi connectivity index (χ2v) is 5.44. The first-order chi connectivity index (χ1) is 9.06. The fourth-order valence-electron chi connectivity index (χ4n) is 2.13. The van der Waals surface area contributed by atoms with Gasteiger partial charge in [-0.25, -0.2) is 9.59 Å². The molecule has 2 amide bonds. The summed E-state index contributed by atoms with van der Waals surface area (Å²) in [4.78, 5) is 22.8. The van der Waals surface area contributed by atoms with Crippen molar-refractivity contribution in [3.63, 3.8) is 0 Å². The largest absolute Gasteiger partial charge is 0.480 e. The highest BCUT2D eigenvalue weighted by atomic mass is 16.4. The van der Waals surface area contributed by atoms with E-state index in [0.29, 0.717) is 6.42 Å². The van der Waals surface area contributed by atoms with E-state index in [2.05, 4.69) is 10.6 Å². The summed E-state index contributed by atoms with van der Waals surface area (Å²) >= 11 is 0. The lowest BCUT2D eigenvalue weighted by Gasteiger charge is -2.20. The SMILES string of the molecule is CCCC[C@H](NC(=O)NC(CC)CC1CC1)C(=O)O. The fourth-order valence-corrected chi connectivity index (χ4v) is 2.13. The number of nitrogens with one attached hydrogen (secondary N) is 2. The van der Waals surface area contributed by atoms with Crippen LogP contribution in [0.2, 0.25) is 0 Å². The number of amides is 2. The van der Waals surface area contributed by atoms with E-state index in [1.54, 1.807) is 0 Å². The maximum Gasteiger partial charge on any atom is 0.326 e. The molecule has 1 fully saturated rings. The molecule has 19 heavy (non-hydrogen) atoms. The van der Waals surface area contributed by atoms with E-state index in [4.69, 9.17) is 5.11 Å². The zero-order valence-corrected chi connectivity index (χ0v) is 11.9. The van der Waals surface area contributed by atoms with Crippen LogP contribution >= 0.6 is 0 Å². The number of carboxylic acids is 1. The number of carboxylic acid groups (broad SMARTS) is 1. The van der Waals surface area contributed by atoms with Gasteiger partial charge in [0, 0.05) is 6.04 Å². The molecule has 0 saturated heterocycles. The molecule has 0 heterocycles. The van der Waals surface area contributed by atoms with Gasteiger partial charge in [0.25, 0.3) is 0 Å². The molecule has 0 aromatic carbocycles. The highest BCUT2D eigenvalue weighted by molar-refractivity contribution is 5.82. The standard InChI is InChI=1S/C14H26N2O3/c1-3-5-6-12(13(17)18)16-14(19)15-11(4-2)9-10-7-8-10/h10-12H,3-9H2,1-2H3,(H,17,18)(H2,15,16,19)/t11?,12-/m0/s1. The molecule has 0 aliphatic heterocycles. The van der Waals surface area contributed by atoms with Crippen LogP contribution in [-0.2, 0) is 4.79 Å². The topological polar surface area (TPSA) is 78.4 Å². The summed E-state index contributed by atoms with van der Waals surface area (Å²) in [6, 6.07) is -0.970. The van der Waals surface area contributed by atoms with Crippen molar-refractivity contribution in [1.29, 1.82) is 0 Å². The Morgan fingerprint density at radius 3 is 2.42 bits per heavy atom. The van der Waals surface area contributed by atoms with Gasteiger partial charge in [0.2, 0.25) is 0 Å². The van der Waals surface area contributed by atoms with Gasteiger partial charge in [-0.05, 0) is 25.2 Å². The number of hydrogen-bond acceptors (Lipinski definition) is 2. The van der Waals surface area contributed by atoms with Crippen LogP contribution in [0.25, 0.3) is 0 Å². The highest BCUT2D eigenvalue weighted by Gasteiger charge is 2.26. The zero-order valence-electron chi connectivity index (χ0n) is 11.9. The van der Waals surface area contributed by atoms with E-state index in [9.17, 15) is 9.59 Å². The third-order valence-corrected chi connectivity index (χ3v) is 3.59. The van der Waals surface area contributed by atoms with E-state index in [-0.39, 0.29) is 12.1 Å². The first-order valence-electron chi connectivity index (χ1n) is 7.36. The monoisotopic (exact) mass is 270 g/mol. The Hall–Kier alpha value is -1.26. The molecule has 110 valence electrons. The summed E-state index contributed by atoms with van der Waals surface area (Å²) in [5, 5.41) is 14.5. The number of urea groups is 1. The molecule has 1 aliphatic carbocycles. The van der Waals surface area contributed by atoms with Gasteiger partial charge >= 0.3 is 12.0 Å². The Labute approximate surface area is 115 Å². The molecule has 1 unspecified atom stereocenters. The van der Waals surface area contributed by atoms with Crippen LogP contribution in [0.15, 0.2) is 0 Å². The smallest absolute Gasteiger partial charge is 0.326 e. The quantitative estimate of drug-likeness (QED) is 0.602. The molecule has 3 N–H and O–H groups in total. The van der Waals surface area contributed by atoms with Gasteiger partial charge in [-0.15, -0.1) is 0 Å². The normalized spacial score (nSPS) is 17.6. The maximum absolute atomic E-state index is 11.8. The predicted octanol–water partition coefficient (Wildman–Crippen LogP) is 2.51. The van der Waals surface area contributed by atoms with Gasteiger partial charge in [-0.1, -0.05) is 39.5 Å². The second kappa shape index (κ2) is 8.02. The van der Waals surface area contributed by atoms with Gasteiger partial charge < -0.3 is 15.7 Å². The first kappa shape index (κ1) is 15.8. The number of hydrogen-bond donors (Lipinski definition) is 3. The third-order valence-electron chi connectivity index (χ3n) is 3.59. The van der Waals surface area contributed by atoms with Crippen molar-refractivity contribution in [1.82, 2.24) is 10.6 Å². The van der Waals surface area contributed by atoms with Crippen LogP contribution in [0, 0.1) is 5.92 Å². The van der Waals surface area contributed by atoms with Gasteiger partial charge in [-0.3, -0.25) is 0 Å². The van der Waals surface area contributed by atoms with Crippen molar-refractivity contribution in [3.8, 4) is 0 Å². The number of carbonyl (C=O) groups is 2. The Morgan fingerprint density at radius 2 is 1.95 bits per heavy atom. The molecular formula is C14H26N2O3. The minimum absolute atomic E-state index is 0.160. The lowest BCUT2D eigenvalue weighted by molar-refractivity contribution is -0.139. The minimum Gasteiger partial charge on any atom is -0.480 e. The summed E-state index contributed by atoms with van der Waals surface area (Å²) < 4.78 is 0. The van der Waals surface area contributed by atoms with Crippen molar-refractivity contribution in [2.24, 2.45) is 5.92 Å². The molecule has 2 atom stereocenters. The van der Waals surface area contributed by atoms with Gasteiger partial charge in [-0.2, -0.15) is 0 Å². The molecule has 0 aromatic rings. The summed E-state index contributed by atoms with van der Waals surface area (Å²) in [5.41, 5.74) is 0. The Balaban J connectivity index is 2.34. The third kappa shape index (κ3) is 6.45. The van der Waals surface area contributed by atoms with Crippen LogP contribution in [0.5, 0.6) is 0 Å². The van der Waals surface area contributed by atoms with E-state index in [1.807, 2.05) is 13.8 Å². The molecule has 0 spiro atoms. The Bertz CT molecular complexity index is 303. The van der Waals surface area contributed by atoms with Crippen LogP contribution < -0.4 is 10.6 Å². The maximum atomic E-state index is 11.8. The zero-order chi connectivity index (χ0) is 14.3. The van der Waals surface area contributed by atoms with Crippen molar-refractivity contribution in [2.75, 3.05) is 0 Å². The molecule has 5 heteroatoms. The number of rotatable bonds is 9. The fraction of sp³-hybridized carbons (Fsp3) is 0.857. The van der Waals surface area contributed by atoms with Crippen LogP contribution in [0.4, 0.5) is 4.79 Å². The minimum atomic E-state index is -0.959. The van der Waals surface area contributed by atoms with Gasteiger partial charge in [0.1, 0.15) is 6.04 Å². The molecule has 0 radical (unpaired) electrons. The van der Waals surface area contributed by atoms with Crippen molar-refractivity contribution in [2.45, 2.75) is 70.9 Å². The van der Waals surface area contributed by atoms with E-state index >= 15 is 0 Å². The summed E-state index contributed by atoms with van der Waals surface area (Å²) in [7, 11) is 0. The first-order valence-corrected chi connectivity index (χ1v) is 7.36. The lowest BCUT2D eigenvalue weighted by atomic mass is 10.1. The molecule has 1 saturated carbocycles. The van der Waals surface area contributed by atoms with E-state index < -0.39 is 12.0 Å². The average Bonchev–Trinajstić information content (AvgIpc) is 3.17. The van der Waals surface area contributed by atoms with Crippen LogP contribution in [-0.4, -0.2) is 29.2 Å². The highest BCUT2D eigenvalue weighted by Crippen LogP contribution is 2.33. The molecule has 0 aromatic heterocycles. The lowest BCUT2D eigenvalue weighted by Crippen LogP contribution is -2.49. The Kier molecular flexibility index (Phi) is 6.67. The van der Waals surface area contributed by atoms with Gasteiger partial charge in [0.05, 0.1) is 0 Å². The van der Waals surface area contributed by atoms with Crippen molar-refractivity contribution in [3.05, 3.63) is 0 Å². The van der Waals surface area contributed by atoms with Crippen molar-refractivity contribution >= 4 is 12.0 Å². The van der Waals surface area contributed by atoms with Gasteiger partial charge in [0.15, 0.2) is 0 Å². The Morgan fingerprint density at radius 1 is 1.26 bits per heavy atom. The molecule has 5 nitrogen and oxygen atoms in total. The number of unbranched alkanes of at least 4 members (excludes halogenated alkanes) is 1. The molecular weight excluding hydrogens is 244 g/mol. The molecule has 1 aliphatic rings. The van der Waals surface area contributed by atoms with E-state index in [0.717, 1.165) is 31.6 Å². The summed E-state index contributed by atoms with van der Waals surface area (Å²) in [5.74, 6) is -0.209. The van der Waals surface area contributed by atoms with E-state index in [1.165, 1.54) is 12.8 Å². The van der Waals surface area contributed by atoms with Crippen LogP contribution in [0.1, 0.15) is 58.8 Å². The number of aliphatic carboxylic acids is 1. The average molecular weight is 270 g/mol. The molecule has 0 bridgehead atoms. The summed E-state index contributed by atoms with van der Waals surface area (Å²) in [6.45, 7) is 4.04. The van der Waals surface area contributed by atoms with Crippen molar-refractivity contribution < 1.29 is 14.7 Å². The predicted molar refractivity (Wildman–Crippen MR) is 74.0 cm³/mol. The van der Waals surface area contributed by atoms with Crippen LogP contribution in [0.3, 0.4) is 0 Å².